The van der Waals surface area contributed by atoms with Crippen molar-refractivity contribution in [2.75, 3.05) is 38.2 Å². The van der Waals surface area contributed by atoms with Gasteiger partial charge in [0.25, 0.3) is 5.91 Å². The van der Waals surface area contributed by atoms with E-state index in [0.717, 1.165) is 34.6 Å². The third-order valence-corrected chi connectivity index (χ3v) is 7.97. The van der Waals surface area contributed by atoms with Crippen LogP contribution < -0.4 is 5.73 Å². The minimum atomic E-state index is -1.80. The number of carbonyl (C=O) groups excluding carboxylic acids is 1. The van der Waals surface area contributed by atoms with E-state index in [0.29, 0.717) is 37.7 Å². The SMILES string of the molecule is CSc1nc2cc(Cl)ccc2n1C1CCN(C(=O)C2(F)CCN(Cc3cnc(N)nc3)CC2)CC1. The van der Waals surface area contributed by atoms with Gasteiger partial charge < -0.3 is 15.2 Å². The van der Waals surface area contributed by atoms with E-state index in [1.54, 1.807) is 29.1 Å². The number of nitrogens with two attached hydrogens (primary N) is 1. The van der Waals surface area contributed by atoms with Crippen molar-refractivity contribution in [3.05, 3.63) is 41.2 Å². The van der Waals surface area contributed by atoms with Gasteiger partial charge in [-0.15, -0.1) is 0 Å². The quantitative estimate of drug-likeness (QED) is 0.512. The molecule has 2 fully saturated rings. The maximum absolute atomic E-state index is 15.8. The molecule has 11 heteroatoms. The molecule has 2 aliphatic rings. The van der Waals surface area contributed by atoms with E-state index in [9.17, 15) is 4.79 Å². The van der Waals surface area contributed by atoms with Gasteiger partial charge in [-0.25, -0.2) is 19.3 Å². The Kier molecular flexibility index (Phi) is 6.87. The summed E-state index contributed by atoms with van der Waals surface area (Å²) in [4.78, 5) is 29.8. The summed E-state index contributed by atoms with van der Waals surface area (Å²) in [5.74, 6) is -0.126. The minimum absolute atomic E-state index is 0.200. The fourth-order valence-corrected chi connectivity index (χ4v) is 5.94. The maximum Gasteiger partial charge on any atom is 0.260 e. The number of piperidine rings is 2. The number of amides is 1. The Bertz CT molecular complexity index is 1200. The highest BCUT2D eigenvalue weighted by Crippen LogP contribution is 2.35. The van der Waals surface area contributed by atoms with Crippen molar-refractivity contribution in [1.29, 1.82) is 0 Å². The van der Waals surface area contributed by atoms with Gasteiger partial charge >= 0.3 is 0 Å². The van der Waals surface area contributed by atoms with Crippen molar-refractivity contribution in [2.24, 2.45) is 0 Å². The summed E-state index contributed by atoms with van der Waals surface area (Å²) in [6, 6.07) is 5.98. The van der Waals surface area contributed by atoms with Crippen LogP contribution in [-0.2, 0) is 11.3 Å². The smallest absolute Gasteiger partial charge is 0.260 e. The Morgan fingerprint density at radius 2 is 1.89 bits per heavy atom. The van der Waals surface area contributed by atoms with Gasteiger partial charge in [-0.05, 0) is 37.3 Å². The van der Waals surface area contributed by atoms with Crippen LogP contribution in [0.4, 0.5) is 10.3 Å². The molecule has 2 aromatic heterocycles. The number of benzene rings is 1. The molecule has 2 aliphatic heterocycles. The first-order chi connectivity index (χ1) is 16.9. The maximum atomic E-state index is 15.8. The monoisotopic (exact) mass is 517 g/mol. The first-order valence-electron chi connectivity index (χ1n) is 11.8. The topological polar surface area (TPSA) is 93.2 Å². The first kappa shape index (κ1) is 24.3. The lowest BCUT2D eigenvalue weighted by atomic mass is 9.90. The van der Waals surface area contributed by atoms with E-state index in [1.165, 1.54) is 0 Å². The lowest BCUT2D eigenvalue weighted by Gasteiger charge is -2.40. The Labute approximate surface area is 213 Å². The lowest BCUT2D eigenvalue weighted by molar-refractivity contribution is -0.149. The van der Waals surface area contributed by atoms with Crippen LogP contribution in [0.5, 0.6) is 0 Å². The van der Waals surface area contributed by atoms with Gasteiger partial charge in [-0.3, -0.25) is 9.69 Å². The zero-order valence-corrected chi connectivity index (χ0v) is 21.2. The minimum Gasteiger partial charge on any atom is -0.368 e. The first-order valence-corrected chi connectivity index (χ1v) is 13.4. The highest BCUT2D eigenvalue weighted by Gasteiger charge is 2.45. The number of thioether (sulfide) groups is 1. The molecule has 4 heterocycles. The van der Waals surface area contributed by atoms with Crippen LogP contribution in [0.25, 0.3) is 11.0 Å². The summed E-state index contributed by atoms with van der Waals surface area (Å²) in [7, 11) is 0. The number of fused-ring (bicyclic) bond motifs is 1. The lowest BCUT2D eigenvalue weighted by Crippen LogP contribution is -2.53. The molecule has 35 heavy (non-hydrogen) atoms. The number of nitrogens with zero attached hydrogens (tertiary/aromatic N) is 6. The molecule has 0 radical (unpaired) electrons. The Balaban J connectivity index is 1.20. The molecule has 8 nitrogen and oxygen atoms in total. The van der Waals surface area contributed by atoms with Crippen LogP contribution in [0.15, 0.2) is 35.7 Å². The standard InChI is InChI=1S/C24H29ClFN7OS/c1-35-23-30-19-12-17(25)2-3-20(19)33(23)18-4-8-32(9-5-18)21(34)24(26)6-10-31(11-7-24)15-16-13-28-22(27)29-14-16/h2-3,12-14,18H,4-11,15H2,1H3,(H2,27,28,29). The number of imidazole rings is 1. The second-order valence-electron chi connectivity index (χ2n) is 9.32. The summed E-state index contributed by atoms with van der Waals surface area (Å²) in [6.45, 7) is 2.75. The molecule has 1 amide bonds. The van der Waals surface area contributed by atoms with Crippen molar-refractivity contribution in [3.8, 4) is 0 Å². The van der Waals surface area contributed by atoms with Gasteiger partial charge in [0.2, 0.25) is 5.95 Å². The Morgan fingerprint density at radius 1 is 1.20 bits per heavy atom. The molecular weight excluding hydrogens is 489 g/mol. The van der Waals surface area contributed by atoms with Crippen LogP contribution in [0, 0.1) is 0 Å². The van der Waals surface area contributed by atoms with E-state index in [1.807, 2.05) is 24.5 Å². The number of halogens is 2. The zero-order valence-electron chi connectivity index (χ0n) is 19.7. The molecule has 3 aromatic rings. The second kappa shape index (κ2) is 9.91. The number of likely N-dealkylation sites (tertiary alicyclic amines) is 2. The fraction of sp³-hybridized carbons (Fsp3) is 0.500. The second-order valence-corrected chi connectivity index (χ2v) is 10.5. The largest absolute Gasteiger partial charge is 0.368 e. The Hall–Kier alpha value is -2.43. The van der Waals surface area contributed by atoms with Crippen molar-refractivity contribution in [2.45, 2.75) is 49.1 Å². The van der Waals surface area contributed by atoms with E-state index in [2.05, 4.69) is 19.4 Å². The molecule has 0 aliphatic carbocycles. The van der Waals surface area contributed by atoms with Gasteiger partial charge in [-0.2, -0.15) is 0 Å². The molecule has 5 rings (SSSR count). The molecule has 0 atom stereocenters. The number of carbonyl (C=O) groups is 1. The van der Waals surface area contributed by atoms with E-state index in [-0.39, 0.29) is 30.7 Å². The average molecular weight is 518 g/mol. The van der Waals surface area contributed by atoms with Gasteiger partial charge in [0.15, 0.2) is 10.8 Å². The number of rotatable bonds is 5. The third kappa shape index (κ3) is 4.96. The number of hydrogen-bond donors (Lipinski definition) is 1. The number of nitrogen functional groups attached to an aromatic ring is 1. The molecule has 2 N–H and O–H groups in total. The summed E-state index contributed by atoms with van der Waals surface area (Å²) < 4.78 is 18.0. The third-order valence-electron chi connectivity index (χ3n) is 7.08. The zero-order chi connectivity index (χ0) is 24.6. The van der Waals surface area contributed by atoms with Gasteiger partial charge in [-0.1, -0.05) is 23.4 Å². The summed E-state index contributed by atoms with van der Waals surface area (Å²) in [5, 5.41) is 1.60. The van der Waals surface area contributed by atoms with Crippen molar-refractivity contribution >= 4 is 46.3 Å². The molecule has 0 saturated carbocycles. The predicted octanol–water partition coefficient (Wildman–Crippen LogP) is 3.95. The Morgan fingerprint density at radius 3 is 2.54 bits per heavy atom. The normalized spacial score (nSPS) is 19.3. The predicted molar refractivity (Wildman–Crippen MR) is 136 cm³/mol. The van der Waals surface area contributed by atoms with Gasteiger partial charge in [0, 0.05) is 74.6 Å². The van der Waals surface area contributed by atoms with Crippen LogP contribution in [-0.4, -0.2) is 73.3 Å². The van der Waals surface area contributed by atoms with Crippen LogP contribution in [0.3, 0.4) is 0 Å². The summed E-state index contributed by atoms with van der Waals surface area (Å²) in [5.41, 5.74) is 6.59. The van der Waals surface area contributed by atoms with Crippen LogP contribution >= 0.6 is 23.4 Å². The molecule has 0 bridgehead atoms. The molecule has 186 valence electrons. The van der Waals surface area contributed by atoms with E-state index < -0.39 is 5.67 Å². The average Bonchev–Trinajstić information content (AvgIpc) is 3.24. The fourth-order valence-electron chi connectivity index (χ4n) is 5.14. The molecule has 1 aromatic carbocycles. The van der Waals surface area contributed by atoms with Gasteiger partial charge in [0.05, 0.1) is 11.0 Å². The van der Waals surface area contributed by atoms with Crippen LogP contribution in [0.1, 0.15) is 37.3 Å². The van der Waals surface area contributed by atoms with E-state index >= 15 is 4.39 Å². The highest BCUT2D eigenvalue weighted by molar-refractivity contribution is 7.98. The molecule has 0 spiro atoms. The highest BCUT2D eigenvalue weighted by atomic mass is 35.5. The molecular formula is C24H29ClFN7OS. The van der Waals surface area contributed by atoms with Crippen molar-refractivity contribution in [3.63, 3.8) is 0 Å². The van der Waals surface area contributed by atoms with E-state index in [4.69, 9.17) is 22.3 Å². The van der Waals surface area contributed by atoms with Gasteiger partial charge in [0.1, 0.15) is 0 Å². The summed E-state index contributed by atoms with van der Waals surface area (Å²) >= 11 is 7.76. The van der Waals surface area contributed by atoms with Crippen molar-refractivity contribution < 1.29 is 9.18 Å². The molecule has 0 unspecified atom stereocenters. The van der Waals surface area contributed by atoms with Crippen LogP contribution in [0.2, 0.25) is 5.02 Å². The van der Waals surface area contributed by atoms with Crippen molar-refractivity contribution in [1.82, 2.24) is 29.3 Å². The molecule has 2 saturated heterocycles. The number of alkyl halides is 1. The number of hydrogen-bond acceptors (Lipinski definition) is 7. The number of aromatic nitrogens is 4. The number of anilines is 1. The summed E-state index contributed by atoms with van der Waals surface area (Å²) in [6.07, 6.45) is 7.33.